The third kappa shape index (κ3) is 6.18. The standard InChI is InChI=1S/C25H35N3O3S/c1-3-27(4-2)23(19-21-11-7-5-8-12-21)20-26-25(29)22-15-17-28(18-16-22)32(30,31)24-13-9-6-10-14-24/h5-14,22-23H,3-4,15-20H2,1-2H3,(H,26,29). The number of nitrogens with zero attached hydrogens (tertiary/aromatic N) is 2. The van der Waals surface area contributed by atoms with Crippen LogP contribution in [0.3, 0.4) is 0 Å². The van der Waals surface area contributed by atoms with Crippen LogP contribution in [-0.4, -0.2) is 62.3 Å². The highest BCUT2D eigenvalue weighted by Crippen LogP contribution is 2.24. The molecule has 1 aliphatic heterocycles. The van der Waals surface area contributed by atoms with E-state index in [0.29, 0.717) is 37.4 Å². The molecule has 0 aliphatic carbocycles. The van der Waals surface area contributed by atoms with Crippen LogP contribution in [0.5, 0.6) is 0 Å². The summed E-state index contributed by atoms with van der Waals surface area (Å²) in [7, 11) is -3.49. The first-order valence-electron chi connectivity index (χ1n) is 11.6. The van der Waals surface area contributed by atoms with Crippen LogP contribution >= 0.6 is 0 Å². The van der Waals surface area contributed by atoms with Crippen LogP contribution in [-0.2, 0) is 21.2 Å². The van der Waals surface area contributed by atoms with Crippen molar-refractivity contribution in [3.05, 3.63) is 66.2 Å². The van der Waals surface area contributed by atoms with E-state index in [1.807, 2.05) is 18.2 Å². The number of sulfonamides is 1. The van der Waals surface area contributed by atoms with Crippen molar-refractivity contribution < 1.29 is 13.2 Å². The number of benzene rings is 2. The minimum Gasteiger partial charge on any atom is -0.354 e. The molecule has 1 fully saturated rings. The molecule has 1 atom stereocenters. The molecule has 0 aromatic heterocycles. The zero-order valence-corrected chi connectivity index (χ0v) is 19.9. The molecule has 1 amide bonds. The third-order valence-corrected chi connectivity index (χ3v) is 8.27. The Kier molecular flexibility index (Phi) is 8.84. The topological polar surface area (TPSA) is 69.7 Å². The van der Waals surface area contributed by atoms with E-state index in [4.69, 9.17) is 0 Å². The van der Waals surface area contributed by atoms with Crippen molar-refractivity contribution in [3.8, 4) is 0 Å². The average molecular weight is 458 g/mol. The van der Waals surface area contributed by atoms with E-state index in [-0.39, 0.29) is 17.9 Å². The van der Waals surface area contributed by atoms with Crippen LogP contribution in [0.25, 0.3) is 0 Å². The van der Waals surface area contributed by atoms with Gasteiger partial charge in [0.1, 0.15) is 0 Å². The fourth-order valence-electron chi connectivity index (χ4n) is 4.42. The molecular formula is C25H35N3O3S. The van der Waals surface area contributed by atoms with E-state index < -0.39 is 10.0 Å². The lowest BCUT2D eigenvalue weighted by molar-refractivity contribution is -0.126. The lowest BCUT2D eigenvalue weighted by Crippen LogP contribution is -2.48. The number of carbonyl (C=O) groups is 1. The van der Waals surface area contributed by atoms with Crippen molar-refractivity contribution in [2.45, 2.75) is 44.0 Å². The summed E-state index contributed by atoms with van der Waals surface area (Å²) < 4.78 is 27.1. The van der Waals surface area contributed by atoms with Gasteiger partial charge in [0.2, 0.25) is 15.9 Å². The fraction of sp³-hybridized carbons (Fsp3) is 0.480. The first-order chi connectivity index (χ1) is 15.5. The van der Waals surface area contributed by atoms with Crippen LogP contribution < -0.4 is 5.32 Å². The quantitative estimate of drug-likeness (QED) is 0.595. The lowest BCUT2D eigenvalue weighted by Gasteiger charge is -2.32. The number of likely N-dealkylation sites (N-methyl/N-ethyl adjacent to an activating group) is 1. The van der Waals surface area contributed by atoms with Gasteiger partial charge in [0.25, 0.3) is 0 Å². The number of rotatable bonds is 10. The Morgan fingerprint density at radius 1 is 1.00 bits per heavy atom. The summed E-state index contributed by atoms with van der Waals surface area (Å²) in [6, 6.07) is 19.1. The normalized spacial score (nSPS) is 16.7. The highest BCUT2D eigenvalue weighted by atomic mass is 32.2. The Morgan fingerprint density at radius 2 is 1.56 bits per heavy atom. The summed E-state index contributed by atoms with van der Waals surface area (Å²) in [5.41, 5.74) is 1.26. The van der Waals surface area contributed by atoms with E-state index in [0.717, 1.165) is 19.5 Å². The summed E-state index contributed by atoms with van der Waals surface area (Å²) in [6.07, 6.45) is 1.98. The number of hydrogen-bond acceptors (Lipinski definition) is 4. The number of piperidine rings is 1. The maximum Gasteiger partial charge on any atom is 0.243 e. The lowest BCUT2D eigenvalue weighted by atomic mass is 9.97. The summed E-state index contributed by atoms with van der Waals surface area (Å²) in [5, 5.41) is 3.16. The van der Waals surface area contributed by atoms with Gasteiger partial charge in [0.05, 0.1) is 4.90 Å². The molecule has 0 radical (unpaired) electrons. The Bertz CT molecular complexity index is 939. The van der Waals surface area contributed by atoms with E-state index in [9.17, 15) is 13.2 Å². The molecule has 0 saturated carbocycles. The van der Waals surface area contributed by atoms with Gasteiger partial charge in [0.15, 0.2) is 0 Å². The molecule has 0 spiro atoms. The molecule has 1 heterocycles. The minimum absolute atomic E-state index is 0.0342. The zero-order chi connectivity index (χ0) is 23.0. The first kappa shape index (κ1) is 24.4. The van der Waals surface area contributed by atoms with Gasteiger partial charge < -0.3 is 5.32 Å². The molecule has 174 valence electrons. The average Bonchev–Trinajstić information content (AvgIpc) is 2.84. The van der Waals surface area contributed by atoms with Gasteiger partial charge in [-0.2, -0.15) is 4.31 Å². The second-order valence-electron chi connectivity index (χ2n) is 8.30. The fourth-order valence-corrected chi connectivity index (χ4v) is 5.91. The van der Waals surface area contributed by atoms with Crippen molar-refractivity contribution in [2.75, 3.05) is 32.7 Å². The molecule has 6 nitrogen and oxygen atoms in total. The van der Waals surface area contributed by atoms with Crippen molar-refractivity contribution in [3.63, 3.8) is 0 Å². The van der Waals surface area contributed by atoms with E-state index in [2.05, 4.69) is 36.2 Å². The predicted molar refractivity (Wildman–Crippen MR) is 128 cm³/mol. The van der Waals surface area contributed by atoms with Crippen LogP contribution in [0.15, 0.2) is 65.6 Å². The van der Waals surface area contributed by atoms with Gasteiger partial charge in [0, 0.05) is 31.6 Å². The van der Waals surface area contributed by atoms with Gasteiger partial charge in [-0.1, -0.05) is 62.4 Å². The molecule has 1 unspecified atom stereocenters. The summed E-state index contributed by atoms with van der Waals surface area (Å²) in [5.74, 6) is -0.113. The van der Waals surface area contributed by atoms with Gasteiger partial charge in [-0.15, -0.1) is 0 Å². The Labute approximate surface area is 192 Å². The van der Waals surface area contributed by atoms with Crippen LogP contribution in [0, 0.1) is 5.92 Å². The number of hydrogen-bond donors (Lipinski definition) is 1. The van der Waals surface area contributed by atoms with Crippen LogP contribution in [0.1, 0.15) is 32.3 Å². The number of amides is 1. The smallest absolute Gasteiger partial charge is 0.243 e. The SMILES string of the molecule is CCN(CC)C(CNC(=O)C1CCN(S(=O)(=O)c2ccccc2)CC1)Cc1ccccc1. The third-order valence-electron chi connectivity index (χ3n) is 6.36. The molecule has 1 aliphatic rings. The Balaban J connectivity index is 1.55. The van der Waals surface area contributed by atoms with E-state index >= 15 is 0 Å². The van der Waals surface area contributed by atoms with Gasteiger partial charge >= 0.3 is 0 Å². The predicted octanol–water partition coefficient (Wildman–Crippen LogP) is 3.16. The van der Waals surface area contributed by atoms with Crippen molar-refractivity contribution in [2.24, 2.45) is 5.92 Å². The second-order valence-corrected chi connectivity index (χ2v) is 10.2. The molecule has 2 aromatic carbocycles. The molecule has 2 aromatic rings. The van der Waals surface area contributed by atoms with Crippen LogP contribution in [0.4, 0.5) is 0 Å². The maximum atomic E-state index is 12.9. The van der Waals surface area contributed by atoms with Gasteiger partial charge in [-0.25, -0.2) is 8.42 Å². The molecule has 1 saturated heterocycles. The maximum absolute atomic E-state index is 12.9. The summed E-state index contributed by atoms with van der Waals surface area (Å²) in [4.78, 5) is 15.6. The second kappa shape index (κ2) is 11.6. The zero-order valence-electron chi connectivity index (χ0n) is 19.1. The first-order valence-corrected chi connectivity index (χ1v) is 13.0. The number of nitrogens with one attached hydrogen (secondary N) is 1. The van der Waals surface area contributed by atoms with E-state index in [1.54, 1.807) is 30.3 Å². The van der Waals surface area contributed by atoms with Crippen molar-refractivity contribution in [1.29, 1.82) is 0 Å². The van der Waals surface area contributed by atoms with E-state index in [1.165, 1.54) is 9.87 Å². The molecule has 1 N–H and O–H groups in total. The molecule has 7 heteroatoms. The Hall–Kier alpha value is -2.22. The Morgan fingerprint density at radius 3 is 2.12 bits per heavy atom. The molecule has 32 heavy (non-hydrogen) atoms. The number of carbonyl (C=O) groups excluding carboxylic acids is 1. The largest absolute Gasteiger partial charge is 0.354 e. The molecule has 3 rings (SSSR count). The molecule has 0 bridgehead atoms. The van der Waals surface area contributed by atoms with Gasteiger partial charge in [-0.3, -0.25) is 9.69 Å². The monoisotopic (exact) mass is 457 g/mol. The summed E-state index contributed by atoms with van der Waals surface area (Å²) >= 11 is 0. The van der Waals surface area contributed by atoms with Gasteiger partial charge in [-0.05, 0) is 50.0 Å². The minimum atomic E-state index is -3.49. The van der Waals surface area contributed by atoms with Crippen molar-refractivity contribution in [1.82, 2.24) is 14.5 Å². The highest BCUT2D eigenvalue weighted by molar-refractivity contribution is 7.89. The van der Waals surface area contributed by atoms with Crippen LogP contribution in [0.2, 0.25) is 0 Å². The summed E-state index contributed by atoms with van der Waals surface area (Å²) in [6.45, 7) is 7.49. The van der Waals surface area contributed by atoms with Crippen molar-refractivity contribution >= 4 is 15.9 Å². The molecular weight excluding hydrogens is 422 g/mol. The highest BCUT2D eigenvalue weighted by Gasteiger charge is 2.32.